The number of hydrogen-bond acceptors (Lipinski definition) is 2. The zero-order chi connectivity index (χ0) is 10.4. The third-order valence-electron chi connectivity index (χ3n) is 1.96. The maximum atomic E-state index is 4.60. The van der Waals surface area contributed by atoms with Crippen LogP contribution in [0.1, 0.15) is 0 Å². The minimum absolute atomic E-state index is 1.37. The SMILES string of the molecule is BBBBBBBBBB.CNN. The summed E-state index contributed by atoms with van der Waals surface area (Å²) in [7, 11) is 17.7. The minimum Gasteiger partial charge on any atom is -0.272 e. The van der Waals surface area contributed by atoms with Crippen molar-refractivity contribution >= 4 is 72.0 Å². The van der Waals surface area contributed by atoms with Crippen molar-refractivity contribution in [3.63, 3.8) is 0 Å². The smallest absolute Gasteiger partial charge is 0.0597 e. The summed E-state index contributed by atoms with van der Waals surface area (Å²) in [5, 5.41) is 0. The van der Waals surface area contributed by atoms with Crippen LogP contribution in [0, 0.1) is 0 Å². The molecule has 0 amide bonds. The largest absolute Gasteiger partial charge is 0.272 e. The Morgan fingerprint density at radius 3 is 1.31 bits per heavy atom. The first-order chi connectivity index (χ1) is 6.33. The summed E-state index contributed by atoms with van der Waals surface area (Å²) in [5.74, 6) is 4.60. The lowest BCUT2D eigenvalue weighted by Crippen LogP contribution is -2.30. The normalized spacial score (nSPS) is 6.62. The van der Waals surface area contributed by atoms with E-state index in [1.165, 1.54) is 56.5 Å². The Bertz CT molecular complexity index is 61.9. The molecular formula is CH18B10N2. The average Bonchev–Trinajstić information content (AvgIpc) is 2.13. The summed E-state index contributed by atoms with van der Waals surface area (Å²) in [4.78, 5) is 0. The van der Waals surface area contributed by atoms with Crippen molar-refractivity contribution in [3.05, 3.63) is 0 Å². The first-order valence-corrected chi connectivity index (χ1v) is 5.70. The van der Waals surface area contributed by atoms with Gasteiger partial charge in [0.25, 0.3) is 0 Å². The first-order valence-electron chi connectivity index (χ1n) is 5.70. The van der Waals surface area contributed by atoms with E-state index in [2.05, 4.69) is 26.7 Å². The summed E-state index contributed by atoms with van der Waals surface area (Å²) in [6, 6.07) is 0. The molecule has 0 aromatic rings. The highest BCUT2D eigenvalue weighted by atomic mass is 15.2. The molecule has 0 aliphatic heterocycles. The second-order valence-electron chi connectivity index (χ2n) is 3.41. The van der Waals surface area contributed by atoms with Gasteiger partial charge in [-0.3, -0.25) is 11.3 Å². The van der Waals surface area contributed by atoms with E-state index in [1.807, 2.05) is 0 Å². The number of rotatable bonds is 7. The van der Waals surface area contributed by atoms with Gasteiger partial charge in [0, 0.05) is 56.5 Å². The summed E-state index contributed by atoms with van der Waals surface area (Å²) < 4.78 is 0. The van der Waals surface area contributed by atoms with Crippen LogP contribution in [-0.2, 0) is 0 Å². The van der Waals surface area contributed by atoms with E-state index < -0.39 is 0 Å². The Morgan fingerprint density at radius 1 is 0.846 bits per heavy atom. The average molecular weight is 166 g/mol. The van der Waals surface area contributed by atoms with Crippen LogP contribution < -0.4 is 11.3 Å². The van der Waals surface area contributed by atoms with E-state index in [0.717, 1.165) is 0 Å². The molecule has 13 heavy (non-hydrogen) atoms. The Balaban J connectivity index is 0. The van der Waals surface area contributed by atoms with Gasteiger partial charge < -0.3 is 0 Å². The van der Waals surface area contributed by atoms with Crippen molar-refractivity contribution in [1.29, 1.82) is 0 Å². The Kier molecular flexibility index (Phi) is 22.6. The van der Waals surface area contributed by atoms with Gasteiger partial charge in [-0.2, -0.15) is 0 Å². The monoisotopic (exact) mass is 168 g/mol. The van der Waals surface area contributed by atoms with Crippen LogP contribution in [0.15, 0.2) is 0 Å². The van der Waals surface area contributed by atoms with E-state index in [4.69, 9.17) is 0 Å². The van der Waals surface area contributed by atoms with Crippen LogP contribution in [-0.4, -0.2) is 79.0 Å². The van der Waals surface area contributed by atoms with Gasteiger partial charge >= 0.3 is 0 Å². The van der Waals surface area contributed by atoms with Crippen LogP contribution in [0.25, 0.3) is 0 Å². The second-order valence-corrected chi connectivity index (χ2v) is 3.41. The highest BCUT2D eigenvalue weighted by Gasteiger charge is 1.96. The minimum atomic E-state index is 1.37. The summed E-state index contributed by atoms with van der Waals surface area (Å²) in [6.45, 7) is 0. The zero-order valence-corrected chi connectivity index (χ0v) is 9.73. The predicted molar refractivity (Wildman–Crippen MR) is 87.5 cm³/mol. The molecule has 0 heterocycles. The lowest BCUT2D eigenvalue weighted by Gasteiger charge is -1.88. The Labute approximate surface area is 90.7 Å². The summed E-state index contributed by atoms with van der Waals surface area (Å²) in [6.07, 6.45) is 0. The molecule has 0 spiro atoms. The number of nitrogens with one attached hydrogen (secondary N) is 1. The summed E-state index contributed by atoms with van der Waals surface area (Å²) >= 11 is 0. The number of hydrazine groups is 1. The van der Waals surface area contributed by atoms with Gasteiger partial charge in [-0.25, -0.2) is 0 Å². The quantitative estimate of drug-likeness (QED) is 0.171. The molecule has 62 valence electrons. The van der Waals surface area contributed by atoms with Crippen molar-refractivity contribution in [1.82, 2.24) is 5.43 Å². The van der Waals surface area contributed by atoms with E-state index >= 15 is 0 Å². The maximum Gasteiger partial charge on any atom is 0.0597 e. The van der Waals surface area contributed by atoms with Crippen LogP contribution in [0.4, 0.5) is 0 Å². The van der Waals surface area contributed by atoms with Gasteiger partial charge in [0.15, 0.2) is 0 Å². The molecule has 0 fully saturated rings. The molecule has 0 bridgehead atoms. The molecule has 0 saturated carbocycles. The van der Waals surface area contributed by atoms with Gasteiger partial charge in [0.2, 0.25) is 0 Å². The Morgan fingerprint density at radius 2 is 1.08 bits per heavy atom. The number of hydrogen-bond donors (Lipinski definition) is 2. The second kappa shape index (κ2) is 18.4. The van der Waals surface area contributed by atoms with E-state index in [0.29, 0.717) is 0 Å². The molecule has 0 radical (unpaired) electrons. The first kappa shape index (κ1) is 16.0. The molecule has 0 atom stereocenters. The van der Waals surface area contributed by atoms with E-state index in [-0.39, 0.29) is 0 Å². The predicted octanol–water partition coefficient (Wildman–Crippen LogP) is -7.94. The summed E-state index contributed by atoms with van der Waals surface area (Å²) in [5.41, 5.74) is 2.25. The zero-order valence-electron chi connectivity index (χ0n) is 9.73. The fourth-order valence-corrected chi connectivity index (χ4v) is 1.21. The molecule has 3 N–H and O–H groups in total. The molecule has 0 unspecified atom stereocenters. The highest BCUT2D eigenvalue weighted by molar-refractivity contribution is 7.68. The molecular weight excluding hydrogens is 148 g/mol. The third kappa shape index (κ3) is 24.5. The molecule has 0 aliphatic rings. The molecule has 0 aromatic heterocycles. The molecule has 2 nitrogen and oxygen atoms in total. The number of nitrogens with two attached hydrogens (primary N) is 1. The third-order valence-corrected chi connectivity index (χ3v) is 1.96. The lowest BCUT2D eigenvalue weighted by atomic mass is 8.89. The van der Waals surface area contributed by atoms with Crippen molar-refractivity contribution in [2.24, 2.45) is 5.84 Å². The van der Waals surface area contributed by atoms with E-state index in [1.54, 1.807) is 7.05 Å². The molecule has 0 rings (SSSR count). The van der Waals surface area contributed by atoms with Crippen LogP contribution in [0.3, 0.4) is 0 Å². The topological polar surface area (TPSA) is 38.0 Å². The van der Waals surface area contributed by atoms with Crippen molar-refractivity contribution in [2.75, 3.05) is 7.05 Å². The van der Waals surface area contributed by atoms with Crippen LogP contribution >= 0.6 is 0 Å². The van der Waals surface area contributed by atoms with Gasteiger partial charge in [-0.1, -0.05) is 0 Å². The molecule has 12 heteroatoms. The van der Waals surface area contributed by atoms with Gasteiger partial charge in [-0.15, -0.1) is 0 Å². The van der Waals surface area contributed by atoms with Gasteiger partial charge in [-0.05, 0) is 7.05 Å². The van der Waals surface area contributed by atoms with Crippen molar-refractivity contribution < 1.29 is 0 Å². The van der Waals surface area contributed by atoms with Gasteiger partial charge in [0.1, 0.15) is 0 Å². The highest BCUT2D eigenvalue weighted by Crippen LogP contribution is 1.54. The van der Waals surface area contributed by atoms with Crippen molar-refractivity contribution in [3.8, 4) is 0 Å². The maximum absolute atomic E-state index is 4.60. The molecule has 0 saturated heterocycles. The van der Waals surface area contributed by atoms with Crippen LogP contribution in [0.2, 0.25) is 0 Å². The molecule has 0 aliphatic carbocycles. The fraction of sp³-hybridized carbons (Fsp3) is 1.00. The van der Waals surface area contributed by atoms with Crippen molar-refractivity contribution in [2.45, 2.75) is 0 Å². The van der Waals surface area contributed by atoms with E-state index in [9.17, 15) is 0 Å². The lowest BCUT2D eigenvalue weighted by molar-refractivity contribution is 0.900. The van der Waals surface area contributed by atoms with Crippen LogP contribution in [0.5, 0.6) is 0 Å². The standard InChI is InChI=1S/CH6N2.B10H12/c1-3-2;1-3-5-7-9-10-8-6-4-2/h3H,2H2,1H3;3-10H,1-2H2. The Hall–Kier alpha value is 0.569. The fourth-order valence-electron chi connectivity index (χ4n) is 1.21. The van der Waals surface area contributed by atoms with Gasteiger partial charge in [0.05, 0.1) is 15.5 Å². The molecule has 0 aromatic carbocycles.